The first kappa shape index (κ1) is 15.1. The van der Waals surface area contributed by atoms with Gasteiger partial charge in [0.1, 0.15) is 5.75 Å². The molecule has 1 heterocycles. The zero-order chi connectivity index (χ0) is 16.5. The van der Waals surface area contributed by atoms with Crippen LogP contribution in [-0.2, 0) is 13.0 Å². The average molecular weight is 317 g/mol. The summed E-state index contributed by atoms with van der Waals surface area (Å²) in [5.74, 6) is 1.36. The summed E-state index contributed by atoms with van der Waals surface area (Å²) < 4.78 is 7.78. The van der Waals surface area contributed by atoms with E-state index in [1.54, 1.807) is 7.11 Å². The van der Waals surface area contributed by atoms with E-state index >= 15 is 0 Å². The molecule has 2 heteroatoms. The van der Waals surface area contributed by atoms with Gasteiger partial charge in [0.15, 0.2) is 0 Å². The molecule has 0 amide bonds. The molecule has 0 fully saturated rings. The molecule has 3 aromatic rings. The molecule has 0 saturated heterocycles. The van der Waals surface area contributed by atoms with Gasteiger partial charge in [-0.25, -0.2) is 0 Å². The summed E-state index contributed by atoms with van der Waals surface area (Å²) in [6, 6.07) is 17.2. The lowest BCUT2D eigenvalue weighted by Crippen LogP contribution is -2.13. The Balaban J connectivity index is 1.85. The summed E-state index contributed by atoms with van der Waals surface area (Å²) >= 11 is 0. The van der Waals surface area contributed by atoms with E-state index in [9.17, 15) is 0 Å². The highest BCUT2D eigenvalue weighted by molar-refractivity contribution is 5.86. The Morgan fingerprint density at radius 1 is 1.17 bits per heavy atom. The van der Waals surface area contributed by atoms with Crippen molar-refractivity contribution in [1.29, 1.82) is 0 Å². The molecule has 0 saturated carbocycles. The van der Waals surface area contributed by atoms with E-state index in [-0.39, 0.29) is 0 Å². The Morgan fingerprint density at radius 2 is 1.96 bits per heavy atom. The number of hydrogen-bond donors (Lipinski definition) is 0. The van der Waals surface area contributed by atoms with Gasteiger partial charge >= 0.3 is 0 Å². The zero-order valence-electron chi connectivity index (χ0n) is 14.2. The van der Waals surface area contributed by atoms with Crippen molar-refractivity contribution < 1.29 is 4.74 Å². The topological polar surface area (TPSA) is 14.2 Å². The van der Waals surface area contributed by atoms with Crippen molar-refractivity contribution in [3.63, 3.8) is 0 Å². The minimum atomic E-state index is 0.458. The van der Waals surface area contributed by atoms with Crippen molar-refractivity contribution in [3.05, 3.63) is 78.0 Å². The Bertz CT molecular complexity index is 873. The molecule has 2 nitrogen and oxygen atoms in total. The maximum absolute atomic E-state index is 5.28. The van der Waals surface area contributed by atoms with Gasteiger partial charge in [-0.15, -0.1) is 6.58 Å². The maximum Gasteiger partial charge on any atom is 0.118 e. The van der Waals surface area contributed by atoms with E-state index in [0.717, 1.165) is 12.3 Å². The van der Waals surface area contributed by atoms with Gasteiger partial charge in [0.25, 0.3) is 0 Å². The second kappa shape index (κ2) is 6.20. The van der Waals surface area contributed by atoms with Crippen molar-refractivity contribution in [1.82, 2.24) is 4.57 Å². The monoisotopic (exact) mass is 317 g/mol. The molecule has 1 unspecified atom stereocenters. The lowest BCUT2D eigenvalue weighted by atomic mass is 9.86. The fourth-order valence-electron chi connectivity index (χ4n) is 4.03. The Labute approximate surface area is 143 Å². The molecule has 0 aliphatic heterocycles. The number of hydrogen-bond acceptors (Lipinski definition) is 1. The fourth-order valence-corrected chi connectivity index (χ4v) is 4.03. The predicted octanol–water partition coefficient (Wildman–Crippen LogP) is 5.30. The number of aromatic nitrogens is 1. The van der Waals surface area contributed by atoms with E-state index in [0.29, 0.717) is 5.92 Å². The van der Waals surface area contributed by atoms with Gasteiger partial charge in [-0.05, 0) is 48.6 Å². The van der Waals surface area contributed by atoms with Gasteiger partial charge < -0.3 is 9.30 Å². The second-order valence-electron chi connectivity index (χ2n) is 6.55. The molecule has 24 heavy (non-hydrogen) atoms. The van der Waals surface area contributed by atoms with Gasteiger partial charge in [-0.3, -0.25) is 0 Å². The van der Waals surface area contributed by atoms with E-state index in [2.05, 4.69) is 53.6 Å². The van der Waals surface area contributed by atoms with Gasteiger partial charge in [0.05, 0.1) is 7.11 Å². The molecule has 1 atom stereocenters. The van der Waals surface area contributed by atoms with Crippen molar-refractivity contribution in [2.75, 3.05) is 7.11 Å². The van der Waals surface area contributed by atoms with Crippen molar-refractivity contribution in [3.8, 4) is 5.75 Å². The number of rotatable bonds is 4. The van der Waals surface area contributed by atoms with Crippen LogP contribution in [-0.4, -0.2) is 11.7 Å². The predicted molar refractivity (Wildman–Crippen MR) is 99.9 cm³/mol. The van der Waals surface area contributed by atoms with Crippen LogP contribution in [0.4, 0.5) is 0 Å². The third-order valence-electron chi connectivity index (χ3n) is 5.20. The van der Waals surface area contributed by atoms with Gasteiger partial charge in [0, 0.05) is 29.1 Å². The standard InChI is InChI=1S/C22H23NO/c1-3-17-7-6-9-20-19-8-4-5-10-21(19)23(22(17)20)15-16-11-13-18(24-2)14-12-16/h3-5,8,10-14,17H,1,6-7,9,15H2,2H3. The highest BCUT2D eigenvalue weighted by Gasteiger charge is 2.25. The highest BCUT2D eigenvalue weighted by Crippen LogP contribution is 2.39. The fraction of sp³-hybridized carbons (Fsp3) is 0.273. The SMILES string of the molecule is C=CC1CCCc2c1n(Cc1ccc(OC)cc1)c1ccccc21. The lowest BCUT2D eigenvalue weighted by molar-refractivity contribution is 0.414. The summed E-state index contributed by atoms with van der Waals surface area (Å²) in [6.45, 7) is 4.99. The smallest absolute Gasteiger partial charge is 0.118 e. The summed E-state index contributed by atoms with van der Waals surface area (Å²) in [6.07, 6.45) is 5.76. The summed E-state index contributed by atoms with van der Waals surface area (Å²) in [4.78, 5) is 0. The van der Waals surface area contributed by atoms with E-state index in [4.69, 9.17) is 4.74 Å². The number of allylic oxidation sites excluding steroid dienone is 1. The summed E-state index contributed by atoms with van der Waals surface area (Å²) in [7, 11) is 1.71. The Morgan fingerprint density at radius 3 is 2.71 bits per heavy atom. The number of methoxy groups -OCH3 is 1. The normalized spacial score (nSPS) is 16.8. The summed E-state index contributed by atoms with van der Waals surface area (Å²) in [5, 5.41) is 1.41. The van der Waals surface area contributed by atoms with Crippen LogP contribution in [0, 0.1) is 0 Å². The number of aryl methyl sites for hydroxylation is 1. The van der Waals surface area contributed by atoms with Crippen LogP contribution >= 0.6 is 0 Å². The number of ether oxygens (including phenoxy) is 1. The number of para-hydroxylation sites is 1. The minimum absolute atomic E-state index is 0.458. The molecule has 1 aromatic heterocycles. The largest absolute Gasteiger partial charge is 0.497 e. The Hall–Kier alpha value is -2.48. The third kappa shape index (κ3) is 2.43. The summed E-state index contributed by atoms with van der Waals surface area (Å²) in [5.41, 5.74) is 5.63. The number of benzene rings is 2. The van der Waals surface area contributed by atoms with Crippen LogP contribution in [0.2, 0.25) is 0 Å². The first-order valence-electron chi connectivity index (χ1n) is 8.67. The molecule has 4 rings (SSSR count). The second-order valence-corrected chi connectivity index (χ2v) is 6.55. The van der Waals surface area contributed by atoms with Gasteiger partial charge in [0.2, 0.25) is 0 Å². The molecule has 0 N–H and O–H groups in total. The van der Waals surface area contributed by atoms with Crippen LogP contribution in [0.3, 0.4) is 0 Å². The van der Waals surface area contributed by atoms with Crippen LogP contribution in [0.25, 0.3) is 10.9 Å². The molecule has 122 valence electrons. The number of fused-ring (bicyclic) bond motifs is 3. The molecular weight excluding hydrogens is 294 g/mol. The molecule has 2 aromatic carbocycles. The van der Waals surface area contributed by atoms with Crippen molar-refractivity contribution in [2.24, 2.45) is 0 Å². The van der Waals surface area contributed by atoms with Crippen LogP contribution in [0.5, 0.6) is 5.75 Å². The molecule has 0 bridgehead atoms. The first-order chi connectivity index (χ1) is 11.8. The van der Waals surface area contributed by atoms with Gasteiger partial charge in [-0.1, -0.05) is 36.4 Å². The van der Waals surface area contributed by atoms with E-state index in [1.165, 1.54) is 47.0 Å². The molecular formula is C22H23NO. The van der Waals surface area contributed by atoms with Gasteiger partial charge in [-0.2, -0.15) is 0 Å². The van der Waals surface area contributed by atoms with Crippen molar-refractivity contribution >= 4 is 10.9 Å². The molecule has 1 aliphatic carbocycles. The maximum atomic E-state index is 5.28. The van der Waals surface area contributed by atoms with Crippen LogP contribution < -0.4 is 4.74 Å². The molecule has 0 spiro atoms. The highest BCUT2D eigenvalue weighted by atomic mass is 16.5. The average Bonchev–Trinajstić information content (AvgIpc) is 2.97. The zero-order valence-corrected chi connectivity index (χ0v) is 14.2. The lowest BCUT2D eigenvalue weighted by Gasteiger charge is -2.23. The third-order valence-corrected chi connectivity index (χ3v) is 5.20. The molecule has 1 aliphatic rings. The molecule has 0 radical (unpaired) electrons. The minimum Gasteiger partial charge on any atom is -0.497 e. The first-order valence-corrected chi connectivity index (χ1v) is 8.67. The quantitative estimate of drug-likeness (QED) is 0.595. The van der Waals surface area contributed by atoms with E-state index in [1.807, 2.05) is 12.1 Å². The van der Waals surface area contributed by atoms with Crippen LogP contribution in [0.15, 0.2) is 61.2 Å². The van der Waals surface area contributed by atoms with E-state index < -0.39 is 0 Å². The number of nitrogens with zero attached hydrogens (tertiary/aromatic N) is 1. The Kier molecular flexibility index (Phi) is 3.89. The van der Waals surface area contributed by atoms with Crippen molar-refractivity contribution in [2.45, 2.75) is 31.7 Å². The van der Waals surface area contributed by atoms with Crippen LogP contribution in [0.1, 0.15) is 35.6 Å².